The molecule has 2 aromatic rings. The standard InChI is InChI=1S/C20H25N3OS/c24-20-6-5-17-15-22(14-16-3-1-9-21-13-16)10-8-19(17)23(20)11-7-18-4-2-12-25-18/h1-4,9,12-13,17,19H,5-8,10-11,14-15H2/t17-,19+/m0/s1. The topological polar surface area (TPSA) is 36.4 Å². The van der Waals surface area contributed by atoms with Gasteiger partial charge in [-0.15, -0.1) is 11.3 Å². The summed E-state index contributed by atoms with van der Waals surface area (Å²) in [6.07, 6.45) is 7.64. The Morgan fingerprint density at radius 1 is 1.24 bits per heavy atom. The second-order valence-electron chi connectivity index (χ2n) is 7.17. The minimum absolute atomic E-state index is 0.360. The van der Waals surface area contributed by atoms with Crippen LogP contribution in [0.4, 0.5) is 0 Å². The third-order valence-corrected chi connectivity index (χ3v) is 6.47. The highest BCUT2D eigenvalue weighted by Gasteiger charge is 2.38. The fourth-order valence-corrected chi connectivity index (χ4v) is 4.99. The van der Waals surface area contributed by atoms with Gasteiger partial charge in [0.1, 0.15) is 0 Å². The Hall–Kier alpha value is -1.72. The number of carbonyl (C=O) groups is 1. The molecule has 0 aromatic carbocycles. The molecule has 0 saturated carbocycles. The van der Waals surface area contributed by atoms with Gasteiger partial charge in [-0.05, 0) is 48.3 Å². The third-order valence-electron chi connectivity index (χ3n) is 5.54. The number of hydrogen-bond donors (Lipinski definition) is 0. The van der Waals surface area contributed by atoms with Crippen LogP contribution < -0.4 is 0 Å². The molecule has 132 valence electrons. The summed E-state index contributed by atoms with van der Waals surface area (Å²) in [5.74, 6) is 0.977. The summed E-state index contributed by atoms with van der Waals surface area (Å²) in [6.45, 7) is 4.02. The first kappa shape index (κ1) is 16.7. The molecule has 2 aliphatic heterocycles. The van der Waals surface area contributed by atoms with Gasteiger partial charge in [0, 0.05) is 55.9 Å². The average Bonchev–Trinajstić information content (AvgIpc) is 3.15. The van der Waals surface area contributed by atoms with Crippen molar-refractivity contribution in [1.82, 2.24) is 14.8 Å². The Morgan fingerprint density at radius 2 is 2.20 bits per heavy atom. The summed E-state index contributed by atoms with van der Waals surface area (Å²) in [7, 11) is 0. The zero-order valence-electron chi connectivity index (χ0n) is 14.5. The summed E-state index contributed by atoms with van der Waals surface area (Å²) < 4.78 is 0. The van der Waals surface area contributed by atoms with Gasteiger partial charge < -0.3 is 4.90 Å². The quantitative estimate of drug-likeness (QED) is 0.826. The summed E-state index contributed by atoms with van der Waals surface area (Å²) in [5, 5.41) is 2.12. The number of aromatic nitrogens is 1. The monoisotopic (exact) mass is 355 g/mol. The first-order valence-electron chi connectivity index (χ1n) is 9.23. The maximum atomic E-state index is 12.5. The van der Waals surface area contributed by atoms with E-state index in [1.165, 1.54) is 10.4 Å². The molecule has 4 rings (SSSR count). The second kappa shape index (κ2) is 7.67. The van der Waals surface area contributed by atoms with E-state index in [0.29, 0.717) is 24.3 Å². The van der Waals surface area contributed by atoms with Crippen LogP contribution in [0.5, 0.6) is 0 Å². The van der Waals surface area contributed by atoms with Crippen molar-refractivity contribution < 1.29 is 4.79 Å². The molecule has 2 aromatic heterocycles. The first-order valence-corrected chi connectivity index (χ1v) is 10.1. The van der Waals surface area contributed by atoms with Gasteiger partial charge >= 0.3 is 0 Å². The number of piperidine rings is 2. The number of likely N-dealkylation sites (tertiary alicyclic amines) is 2. The molecule has 25 heavy (non-hydrogen) atoms. The fourth-order valence-electron chi connectivity index (χ4n) is 4.30. The van der Waals surface area contributed by atoms with Gasteiger partial charge in [-0.2, -0.15) is 0 Å². The van der Waals surface area contributed by atoms with E-state index in [0.717, 1.165) is 45.4 Å². The minimum Gasteiger partial charge on any atom is -0.339 e. The number of nitrogens with zero attached hydrogens (tertiary/aromatic N) is 3. The van der Waals surface area contributed by atoms with Crippen molar-refractivity contribution in [3.8, 4) is 0 Å². The maximum absolute atomic E-state index is 12.5. The van der Waals surface area contributed by atoms with Crippen molar-refractivity contribution in [2.45, 2.75) is 38.3 Å². The summed E-state index contributed by atoms with van der Waals surface area (Å²) in [6, 6.07) is 8.86. The molecule has 2 fully saturated rings. The molecule has 1 amide bonds. The van der Waals surface area contributed by atoms with Crippen molar-refractivity contribution in [2.75, 3.05) is 19.6 Å². The van der Waals surface area contributed by atoms with Crippen molar-refractivity contribution in [3.63, 3.8) is 0 Å². The summed E-state index contributed by atoms with van der Waals surface area (Å²) in [4.78, 5) is 22.8. The van der Waals surface area contributed by atoms with Crippen LogP contribution in [-0.4, -0.2) is 46.4 Å². The molecule has 0 radical (unpaired) electrons. The molecule has 0 N–H and O–H groups in total. The lowest BCUT2D eigenvalue weighted by atomic mass is 9.83. The molecule has 0 spiro atoms. The van der Waals surface area contributed by atoms with Gasteiger partial charge in [0.25, 0.3) is 0 Å². The van der Waals surface area contributed by atoms with Crippen molar-refractivity contribution in [3.05, 3.63) is 52.5 Å². The normalized spacial score (nSPS) is 24.3. The molecule has 0 bridgehead atoms. The Bertz CT molecular complexity index is 688. The van der Waals surface area contributed by atoms with E-state index in [1.54, 1.807) is 11.3 Å². The number of fused-ring (bicyclic) bond motifs is 1. The van der Waals surface area contributed by atoms with E-state index in [9.17, 15) is 4.79 Å². The highest BCUT2D eigenvalue weighted by Crippen LogP contribution is 2.32. The highest BCUT2D eigenvalue weighted by molar-refractivity contribution is 7.09. The summed E-state index contributed by atoms with van der Waals surface area (Å²) in [5.41, 5.74) is 1.28. The van der Waals surface area contributed by atoms with Gasteiger partial charge in [-0.25, -0.2) is 0 Å². The number of carbonyl (C=O) groups excluding carboxylic acids is 1. The van der Waals surface area contributed by atoms with Gasteiger partial charge in [0.15, 0.2) is 0 Å². The number of amides is 1. The van der Waals surface area contributed by atoms with E-state index in [-0.39, 0.29) is 0 Å². The lowest BCUT2D eigenvalue weighted by Gasteiger charge is -2.47. The molecular weight excluding hydrogens is 330 g/mol. The maximum Gasteiger partial charge on any atom is 0.222 e. The Balaban J connectivity index is 1.37. The van der Waals surface area contributed by atoms with Crippen LogP contribution in [0.1, 0.15) is 29.7 Å². The van der Waals surface area contributed by atoms with Crippen LogP contribution in [0.15, 0.2) is 42.0 Å². The molecule has 5 heteroatoms. The zero-order chi connectivity index (χ0) is 17.1. The lowest BCUT2D eigenvalue weighted by Crippen LogP contribution is -2.56. The van der Waals surface area contributed by atoms with Crippen molar-refractivity contribution in [1.29, 1.82) is 0 Å². The first-order chi connectivity index (χ1) is 12.3. The summed E-state index contributed by atoms with van der Waals surface area (Å²) >= 11 is 1.79. The molecule has 2 aliphatic rings. The zero-order valence-corrected chi connectivity index (χ0v) is 15.3. The fraction of sp³-hybridized carbons (Fsp3) is 0.500. The molecule has 4 nitrogen and oxygen atoms in total. The van der Waals surface area contributed by atoms with Crippen LogP contribution in [0.25, 0.3) is 0 Å². The number of hydrogen-bond acceptors (Lipinski definition) is 4. The van der Waals surface area contributed by atoms with Crippen molar-refractivity contribution in [2.24, 2.45) is 5.92 Å². The third kappa shape index (κ3) is 3.93. The van der Waals surface area contributed by atoms with Crippen molar-refractivity contribution >= 4 is 17.2 Å². The largest absolute Gasteiger partial charge is 0.339 e. The number of pyridine rings is 1. The van der Waals surface area contributed by atoms with E-state index >= 15 is 0 Å². The van der Waals surface area contributed by atoms with Crippen LogP contribution >= 0.6 is 11.3 Å². The van der Waals surface area contributed by atoms with Crippen LogP contribution in [0.2, 0.25) is 0 Å². The molecule has 4 heterocycles. The van der Waals surface area contributed by atoms with E-state index in [4.69, 9.17) is 0 Å². The number of rotatable bonds is 5. The SMILES string of the molecule is O=C1CC[C@H]2CN(Cc3cccnc3)CC[C@H]2N1CCc1cccs1. The molecule has 2 saturated heterocycles. The van der Waals surface area contributed by atoms with E-state index in [1.807, 2.05) is 18.5 Å². The molecule has 0 unspecified atom stereocenters. The lowest BCUT2D eigenvalue weighted by molar-refractivity contribution is -0.141. The average molecular weight is 356 g/mol. The Labute approximate surface area is 153 Å². The van der Waals surface area contributed by atoms with Crippen LogP contribution in [0.3, 0.4) is 0 Å². The second-order valence-corrected chi connectivity index (χ2v) is 8.20. The van der Waals surface area contributed by atoms with E-state index < -0.39 is 0 Å². The van der Waals surface area contributed by atoms with Gasteiger partial charge in [-0.3, -0.25) is 14.7 Å². The smallest absolute Gasteiger partial charge is 0.222 e. The predicted octanol–water partition coefficient (Wildman–Crippen LogP) is 3.20. The Morgan fingerprint density at radius 3 is 3.00 bits per heavy atom. The molecule has 2 atom stereocenters. The number of thiophene rings is 1. The molecular formula is C20H25N3OS. The minimum atomic E-state index is 0.360. The predicted molar refractivity (Wildman–Crippen MR) is 100 cm³/mol. The van der Waals surface area contributed by atoms with Crippen LogP contribution in [-0.2, 0) is 17.8 Å². The van der Waals surface area contributed by atoms with Gasteiger partial charge in [0.05, 0.1) is 0 Å². The van der Waals surface area contributed by atoms with Gasteiger partial charge in [-0.1, -0.05) is 12.1 Å². The Kier molecular flexibility index (Phi) is 5.13. The van der Waals surface area contributed by atoms with Gasteiger partial charge in [0.2, 0.25) is 5.91 Å². The van der Waals surface area contributed by atoms with Crippen LogP contribution in [0, 0.1) is 5.92 Å². The van der Waals surface area contributed by atoms with E-state index in [2.05, 4.69) is 38.4 Å². The highest BCUT2D eigenvalue weighted by atomic mass is 32.1. The molecule has 0 aliphatic carbocycles.